The molecule has 0 saturated carbocycles. The molecule has 2 unspecified atom stereocenters. The normalized spacial score (nSPS) is 17.4. The molecular weight excluding hydrogens is 130 g/mol. The summed E-state index contributed by atoms with van der Waals surface area (Å²) in [6.45, 7) is 3.86. The number of rotatable bonds is 4. The second kappa shape index (κ2) is 4.66. The number of nitrogens with zero attached hydrogens (tertiary/aromatic N) is 1. The van der Waals surface area contributed by atoms with Crippen LogP contribution in [0.2, 0.25) is 0 Å². The second-order valence-corrected chi connectivity index (χ2v) is 2.50. The van der Waals surface area contributed by atoms with E-state index in [2.05, 4.69) is 0 Å². The maximum absolute atomic E-state index is 5.36. The summed E-state index contributed by atoms with van der Waals surface area (Å²) in [5, 5.41) is 0. The molecule has 0 aromatic heterocycles. The predicted molar refractivity (Wildman–Crippen MR) is 40.7 cm³/mol. The average Bonchev–Trinajstić information content (AvgIpc) is 1.87. The van der Waals surface area contributed by atoms with E-state index >= 15 is 0 Å². The first-order valence-electron chi connectivity index (χ1n) is 3.42. The molecule has 0 aromatic rings. The third kappa shape index (κ3) is 3.82. The predicted octanol–water partition coefficient (Wildman–Crippen LogP) is 0.903. The van der Waals surface area contributed by atoms with E-state index in [1.165, 1.54) is 0 Å². The van der Waals surface area contributed by atoms with Gasteiger partial charge in [-0.2, -0.15) is 0 Å². The molecule has 0 aliphatic rings. The van der Waals surface area contributed by atoms with Crippen molar-refractivity contribution < 1.29 is 9.47 Å². The fourth-order valence-electron chi connectivity index (χ4n) is 0.455. The molecule has 0 heterocycles. The SMILES string of the molecule is COC(C)OC(C)N(C)C. The molecule has 0 bridgehead atoms. The van der Waals surface area contributed by atoms with E-state index in [4.69, 9.17) is 9.47 Å². The van der Waals surface area contributed by atoms with Gasteiger partial charge in [-0.1, -0.05) is 0 Å². The van der Waals surface area contributed by atoms with Gasteiger partial charge in [0.1, 0.15) is 6.23 Å². The van der Waals surface area contributed by atoms with Crippen molar-refractivity contribution in [3.05, 3.63) is 0 Å². The van der Waals surface area contributed by atoms with Crippen molar-refractivity contribution in [1.29, 1.82) is 0 Å². The van der Waals surface area contributed by atoms with Gasteiger partial charge < -0.3 is 9.47 Å². The lowest BCUT2D eigenvalue weighted by Gasteiger charge is -2.23. The van der Waals surface area contributed by atoms with Crippen LogP contribution in [0.4, 0.5) is 0 Å². The summed E-state index contributed by atoms with van der Waals surface area (Å²) < 4.78 is 10.3. The van der Waals surface area contributed by atoms with E-state index < -0.39 is 0 Å². The highest BCUT2D eigenvalue weighted by molar-refractivity contribution is 4.44. The fraction of sp³-hybridized carbons (Fsp3) is 1.00. The molecule has 3 nitrogen and oxygen atoms in total. The average molecular weight is 147 g/mol. The van der Waals surface area contributed by atoms with Crippen LogP contribution < -0.4 is 0 Å². The molecule has 62 valence electrons. The van der Waals surface area contributed by atoms with Crippen molar-refractivity contribution in [2.45, 2.75) is 26.4 Å². The number of ether oxygens (including phenoxy) is 2. The Kier molecular flexibility index (Phi) is 4.60. The largest absolute Gasteiger partial charge is 0.356 e. The van der Waals surface area contributed by atoms with Crippen LogP contribution in [-0.2, 0) is 9.47 Å². The Balaban J connectivity index is 3.46. The van der Waals surface area contributed by atoms with Crippen LogP contribution in [-0.4, -0.2) is 38.6 Å². The minimum Gasteiger partial charge on any atom is -0.356 e. The van der Waals surface area contributed by atoms with Crippen molar-refractivity contribution in [2.24, 2.45) is 0 Å². The smallest absolute Gasteiger partial charge is 0.156 e. The number of hydrogen-bond donors (Lipinski definition) is 0. The van der Waals surface area contributed by atoms with Crippen molar-refractivity contribution >= 4 is 0 Å². The lowest BCUT2D eigenvalue weighted by Crippen LogP contribution is -2.31. The van der Waals surface area contributed by atoms with Crippen LogP contribution in [0.5, 0.6) is 0 Å². The first-order chi connectivity index (χ1) is 4.57. The van der Waals surface area contributed by atoms with E-state index in [1.54, 1.807) is 7.11 Å². The monoisotopic (exact) mass is 147 g/mol. The van der Waals surface area contributed by atoms with Crippen LogP contribution in [0.15, 0.2) is 0 Å². The zero-order chi connectivity index (χ0) is 8.15. The van der Waals surface area contributed by atoms with Crippen LogP contribution in [0.1, 0.15) is 13.8 Å². The van der Waals surface area contributed by atoms with Crippen LogP contribution >= 0.6 is 0 Å². The first kappa shape index (κ1) is 9.88. The lowest BCUT2D eigenvalue weighted by atomic mass is 10.6. The zero-order valence-electron chi connectivity index (χ0n) is 7.42. The first-order valence-corrected chi connectivity index (χ1v) is 3.42. The molecule has 3 heteroatoms. The summed E-state index contributed by atoms with van der Waals surface area (Å²) in [7, 11) is 5.56. The van der Waals surface area contributed by atoms with Gasteiger partial charge in [0.2, 0.25) is 0 Å². The molecule has 0 saturated heterocycles. The van der Waals surface area contributed by atoms with Crippen molar-refractivity contribution in [1.82, 2.24) is 4.90 Å². The van der Waals surface area contributed by atoms with E-state index in [1.807, 2.05) is 32.8 Å². The van der Waals surface area contributed by atoms with Gasteiger partial charge in [0.05, 0.1) is 0 Å². The van der Waals surface area contributed by atoms with Crippen molar-refractivity contribution in [3.8, 4) is 0 Å². The summed E-state index contributed by atoms with van der Waals surface area (Å²) in [6.07, 6.45) is -0.0210. The van der Waals surface area contributed by atoms with E-state index in [0.717, 1.165) is 0 Å². The van der Waals surface area contributed by atoms with Crippen LogP contribution in [0, 0.1) is 0 Å². The summed E-state index contributed by atoms with van der Waals surface area (Å²) >= 11 is 0. The molecular formula is C7H17NO2. The molecule has 0 aliphatic carbocycles. The molecule has 0 N–H and O–H groups in total. The van der Waals surface area contributed by atoms with Gasteiger partial charge in [-0.05, 0) is 27.9 Å². The number of hydrogen-bond acceptors (Lipinski definition) is 3. The Morgan fingerprint density at radius 3 is 2.00 bits per heavy atom. The molecule has 0 aliphatic heterocycles. The van der Waals surface area contributed by atoms with Gasteiger partial charge in [-0.3, -0.25) is 4.90 Å². The molecule has 0 spiro atoms. The standard InChI is InChI=1S/C7H17NO2/c1-6(8(3)4)10-7(2)9-5/h6-7H,1-5H3. The van der Waals surface area contributed by atoms with Crippen LogP contribution in [0.3, 0.4) is 0 Å². The van der Waals surface area contributed by atoms with Crippen molar-refractivity contribution in [2.75, 3.05) is 21.2 Å². The maximum Gasteiger partial charge on any atom is 0.156 e. The Labute approximate surface area is 62.9 Å². The molecule has 0 radical (unpaired) electrons. The Morgan fingerprint density at radius 1 is 1.20 bits per heavy atom. The van der Waals surface area contributed by atoms with E-state index in [9.17, 15) is 0 Å². The topological polar surface area (TPSA) is 21.7 Å². The molecule has 2 atom stereocenters. The maximum atomic E-state index is 5.36. The lowest BCUT2D eigenvalue weighted by molar-refractivity contribution is -0.172. The molecule has 0 fully saturated rings. The quantitative estimate of drug-likeness (QED) is 0.551. The second-order valence-electron chi connectivity index (χ2n) is 2.50. The van der Waals surface area contributed by atoms with E-state index in [0.29, 0.717) is 0 Å². The summed E-state index contributed by atoms with van der Waals surface area (Å²) in [6, 6.07) is 0. The van der Waals surface area contributed by atoms with Crippen molar-refractivity contribution in [3.63, 3.8) is 0 Å². The molecule has 10 heavy (non-hydrogen) atoms. The Morgan fingerprint density at radius 2 is 1.70 bits per heavy atom. The van der Waals surface area contributed by atoms with Gasteiger partial charge in [0.25, 0.3) is 0 Å². The van der Waals surface area contributed by atoms with Crippen LogP contribution in [0.25, 0.3) is 0 Å². The zero-order valence-corrected chi connectivity index (χ0v) is 7.42. The minimum absolute atomic E-state index is 0.106. The highest BCUT2D eigenvalue weighted by Gasteiger charge is 2.07. The Hall–Kier alpha value is -0.120. The van der Waals surface area contributed by atoms with Gasteiger partial charge >= 0.3 is 0 Å². The van der Waals surface area contributed by atoms with Gasteiger partial charge in [0, 0.05) is 7.11 Å². The highest BCUT2D eigenvalue weighted by atomic mass is 16.7. The molecule has 0 amide bonds. The van der Waals surface area contributed by atoms with Gasteiger partial charge in [-0.15, -0.1) is 0 Å². The Bertz CT molecular complexity index is 85.7. The fourth-order valence-corrected chi connectivity index (χ4v) is 0.455. The molecule has 0 rings (SSSR count). The highest BCUT2D eigenvalue weighted by Crippen LogP contribution is 1.99. The summed E-state index contributed by atoms with van der Waals surface area (Å²) in [5.74, 6) is 0. The molecule has 0 aromatic carbocycles. The summed E-state index contributed by atoms with van der Waals surface area (Å²) in [4.78, 5) is 1.98. The minimum atomic E-state index is -0.127. The summed E-state index contributed by atoms with van der Waals surface area (Å²) in [5.41, 5.74) is 0. The third-order valence-corrected chi connectivity index (χ3v) is 1.45. The van der Waals surface area contributed by atoms with Gasteiger partial charge in [0.15, 0.2) is 6.29 Å². The van der Waals surface area contributed by atoms with Gasteiger partial charge in [-0.25, -0.2) is 0 Å². The third-order valence-electron chi connectivity index (χ3n) is 1.45. The number of methoxy groups -OCH3 is 1. The van der Waals surface area contributed by atoms with E-state index in [-0.39, 0.29) is 12.5 Å².